The number of hydrogen-bond acceptors (Lipinski definition) is 4. The molecule has 0 aliphatic carbocycles. The Hall–Kier alpha value is -1.11. The topological polar surface area (TPSA) is 35.5 Å². The summed E-state index contributed by atoms with van der Waals surface area (Å²) in [6.45, 7) is 4.17. The molecule has 1 aromatic carbocycles. The molecule has 0 N–H and O–H groups in total. The van der Waals surface area contributed by atoms with Crippen LogP contribution in [0.3, 0.4) is 0 Å². The van der Waals surface area contributed by atoms with Gasteiger partial charge in [0.1, 0.15) is 0 Å². The van der Waals surface area contributed by atoms with E-state index in [4.69, 9.17) is 9.05 Å². The zero-order valence-corrected chi connectivity index (χ0v) is 12.6. The first-order chi connectivity index (χ1) is 9.17. The predicted molar refractivity (Wildman–Crippen MR) is 79.6 cm³/mol. The molecular weight excluding hydrogens is 279 g/mol. The number of hydrogen-bond donors (Lipinski definition) is 0. The van der Waals surface area contributed by atoms with Gasteiger partial charge in [0.25, 0.3) is 0 Å². The van der Waals surface area contributed by atoms with Crippen molar-refractivity contribution >= 4 is 29.0 Å². The molecule has 0 aliphatic rings. The molecule has 0 saturated heterocycles. The Kier molecular flexibility index (Phi) is 4.79. The van der Waals surface area contributed by atoms with Crippen molar-refractivity contribution < 1.29 is 13.6 Å². The summed E-state index contributed by atoms with van der Waals surface area (Å²) < 4.78 is 23.6. The first-order valence-corrected chi connectivity index (χ1v) is 8.49. The van der Waals surface area contributed by atoms with Gasteiger partial charge < -0.3 is 0 Å². The van der Waals surface area contributed by atoms with Crippen molar-refractivity contribution in [2.24, 2.45) is 0 Å². The van der Waals surface area contributed by atoms with Crippen LogP contribution in [0.15, 0.2) is 29.6 Å². The average molecular weight is 294 g/mol. The van der Waals surface area contributed by atoms with Crippen molar-refractivity contribution in [1.82, 2.24) is 0 Å². The second-order valence-corrected chi connectivity index (χ2v) is 6.43. The van der Waals surface area contributed by atoms with E-state index in [-0.39, 0.29) is 0 Å². The third-order valence-corrected chi connectivity index (χ3v) is 4.85. The van der Waals surface area contributed by atoms with Crippen molar-refractivity contribution in [3.63, 3.8) is 0 Å². The molecule has 1 heterocycles. The van der Waals surface area contributed by atoms with Crippen LogP contribution < -0.4 is 0 Å². The molecule has 0 amide bonds. The highest BCUT2D eigenvalue weighted by Crippen LogP contribution is 2.46. The Morgan fingerprint density at radius 1 is 1.21 bits per heavy atom. The molecule has 0 atom stereocenters. The predicted octanol–water partition coefficient (Wildman–Crippen LogP) is 4.48. The molecule has 0 radical (unpaired) electrons. The summed E-state index contributed by atoms with van der Waals surface area (Å²) in [6, 6.07) is 7.95. The van der Waals surface area contributed by atoms with Crippen LogP contribution in [0.1, 0.15) is 19.4 Å². The molecule has 3 nitrogen and oxygen atoms in total. The minimum absolute atomic E-state index is 0.315. The lowest BCUT2D eigenvalue weighted by Gasteiger charge is -2.09. The van der Waals surface area contributed by atoms with Gasteiger partial charge in [-0.1, -0.05) is 12.0 Å². The normalized spacial score (nSPS) is 11.3. The van der Waals surface area contributed by atoms with Gasteiger partial charge in [0, 0.05) is 15.9 Å². The van der Waals surface area contributed by atoms with Gasteiger partial charge in [-0.25, -0.2) is 4.57 Å². The van der Waals surface area contributed by atoms with E-state index in [1.54, 1.807) is 25.2 Å². The van der Waals surface area contributed by atoms with Crippen molar-refractivity contribution in [3.05, 3.63) is 35.2 Å². The smallest absolute Gasteiger partial charge is 0.300 e. The van der Waals surface area contributed by atoms with Gasteiger partial charge in [0.15, 0.2) is 0 Å². The Bertz CT molecular complexity index is 656. The third kappa shape index (κ3) is 3.68. The highest BCUT2D eigenvalue weighted by Gasteiger charge is 2.19. The van der Waals surface area contributed by atoms with Crippen molar-refractivity contribution in [2.45, 2.75) is 13.8 Å². The maximum atomic E-state index is 12.2. The summed E-state index contributed by atoms with van der Waals surface area (Å²) in [6.07, 6.45) is 0. The highest BCUT2D eigenvalue weighted by molar-refractivity contribution is 7.59. The molecule has 2 rings (SSSR count). The van der Waals surface area contributed by atoms with Crippen molar-refractivity contribution in [3.8, 4) is 11.6 Å². The minimum Gasteiger partial charge on any atom is -0.300 e. The molecule has 0 saturated carbocycles. The summed E-state index contributed by atoms with van der Waals surface area (Å²) in [5, 5.41) is 3.22. The van der Waals surface area contributed by atoms with Crippen LogP contribution in [0.25, 0.3) is 10.1 Å². The average Bonchev–Trinajstić information content (AvgIpc) is 2.84. The molecule has 0 unspecified atom stereocenters. The van der Waals surface area contributed by atoms with E-state index in [1.807, 2.05) is 23.6 Å². The van der Waals surface area contributed by atoms with E-state index in [0.29, 0.717) is 13.2 Å². The Labute approximate surface area is 117 Å². The Morgan fingerprint density at radius 2 is 1.95 bits per heavy atom. The van der Waals surface area contributed by atoms with Gasteiger partial charge in [-0.3, -0.25) is 9.05 Å². The fourth-order valence-corrected chi connectivity index (χ4v) is 3.59. The SMILES string of the molecule is CCOP(=O)(C#Cc1ccc2ccsc2c1)OCC. The third-order valence-electron chi connectivity index (χ3n) is 2.39. The summed E-state index contributed by atoms with van der Waals surface area (Å²) in [4.78, 5) is 0. The van der Waals surface area contributed by atoms with Gasteiger partial charge in [-0.05, 0) is 42.8 Å². The number of rotatable bonds is 4. The first kappa shape index (κ1) is 14.3. The molecule has 0 spiro atoms. The van der Waals surface area contributed by atoms with Gasteiger partial charge in [0.05, 0.1) is 13.2 Å². The second-order valence-electron chi connectivity index (χ2n) is 3.74. The first-order valence-electron chi connectivity index (χ1n) is 6.06. The minimum atomic E-state index is -3.29. The van der Waals surface area contributed by atoms with E-state index >= 15 is 0 Å². The van der Waals surface area contributed by atoms with Crippen LogP contribution >= 0.6 is 18.9 Å². The van der Waals surface area contributed by atoms with Crippen LogP contribution in [-0.4, -0.2) is 13.2 Å². The number of benzene rings is 1. The number of thiophene rings is 1. The lowest BCUT2D eigenvalue weighted by atomic mass is 10.2. The molecular formula is C14H15O3PS. The molecule has 5 heteroatoms. The van der Waals surface area contributed by atoms with Gasteiger partial charge in [-0.2, -0.15) is 0 Å². The van der Waals surface area contributed by atoms with E-state index in [0.717, 1.165) is 10.3 Å². The monoisotopic (exact) mass is 294 g/mol. The van der Waals surface area contributed by atoms with Crippen LogP contribution in [0, 0.1) is 11.6 Å². The van der Waals surface area contributed by atoms with E-state index in [9.17, 15) is 4.57 Å². The highest BCUT2D eigenvalue weighted by atomic mass is 32.1. The van der Waals surface area contributed by atoms with Crippen LogP contribution in [0.4, 0.5) is 0 Å². The lowest BCUT2D eigenvalue weighted by Crippen LogP contribution is -1.93. The maximum absolute atomic E-state index is 12.2. The molecule has 2 aromatic rings. The second kappa shape index (κ2) is 6.36. The fraction of sp³-hybridized carbons (Fsp3) is 0.286. The van der Waals surface area contributed by atoms with E-state index in [2.05, 4.69) is 17.6 Å². The maximum Gasteiger partial charge on any atom is 0.405 e. The van der Waals surface area contributed by atoms with Crippen LogP contribution in [0.2, 0.25) is 0 Å². The van der Waals surface area contributed by atoms with E-state index < -0.39 is 7.60 Å². The van der Waals surface area contributed by atoms with Crippen LogP contribution in [-0.2, 0) is 13.6 Å². The zero-order chi connectivity index (χ0) is 13.7. The van der Waals surface area contributed by atoms with Gasteiger partial charge in [0.2, 0.25) is 0 Å². The Morgan fingerprint density at radius 3 is 2.63 bits per heavy atom. The number of fused-ring (bicyclic) bond motifs is 1. The van der Waals surface area contributed by atoms with Crippen molar-refractivity contribution in [2.75, 3.05) is 13.2 Å². The molecule has 19 heavy (non-hydrogen) atoms. The summed E-state index contributed by atoms with van der Waals surface area (Å²) in [5.41, 5.74) is 3.45. The van der Waals surface area contributed by atoms with Gasteiger partial charge >= 0.3 is 7.60 Å². The molecule has 0 fully saturated rings. The van der Waals surface area contributed by atoms with Gasteiger partial charge in [-0.15, -0.1) is 11.3 Å². The fourth-order valence-electron chi connectivity index (χ4n) is 1.61. The molecule has 1 aromatic heterocycles. The zero-order valence-electron chi connectivity index (χ0n) is 10.9. The summed E-state index contributed by atoms with van der Waals surface area (Å²) in [7, 11) is -3.29. The largest absolute Gasteiger partial charge is 0.405 e. The quantitative estimate of drug-likeness (QED) is 0.616. The Balaban J connectivity index is 2.28. The van der Waals surface area contributed by atoms with Crippen LogP contribution in [0.5, 0.6) is 0 Å². The molecule has 0 bridgehead atoms. The molecule has 0 aliphatic heterocycles. The van der Waals surface area contributed by atoms with E-state index in [1.165, 1.54) is 5.39 Å². The lowest BCUT2D eigenvalue weighted by molar-refractivity contribution is 0.230. The summed E-state index contributed by atoms with van der Waals surface area (Å²) in [5.74, 6) is 2.88. The summed E-state index contributed by atoms with van der Waals surface area (Å²) >= 11 is 1.66. The standard InChI is InChI=1S/C14H15O3PS/c1-3-16-18(15,17-4-2)9-7-12-5-6-13-8-10-19-14(13)11-12/h5-6,8,10-11H,3-4H2,1-2H3. The molecule has 100 valence electrons. The van der Waals surface area contributed by atoms with Crippen molar-refractivity contribution in [1.29, 1.82) is 0 Å².